The highest BCUT2D eigenvalue weighted by Gasteiger charge is 2.16. The van der Waals surface area contributed by atoms with E-state index in [1.165, 1.54) is 0 Å². The maximum absolute atomic E-state index is 11.9. The number of methoxy groups -OCH3 is 2. The summed E-state index contributed by atoms with van der Waals surface area (Å²) in [6, 6.07) is 5.89. The van der Waals surface area contributed by atoms with Crippen LogP contribution in [0.15, 0.2) is 29.2 Å². The zero-order valence-electron chi connectivity index (χ0n) is 14.1. The fourth-order valence-corrected chi connectivity index (χ4v) is 2.71. The average molecular weight is 301 g/mol. The molecule has 2 rings (SSSR count). The second kappa shape index (κ2) is 6.26. The van der Waals surface area contributed by atoms with Crippen LogP contribution in [0.4, 0.5) is 0 Å². The van der Waals surface area contributed by atoms with Crippen molar-refractivity contribution in [3.8, 4) is 22.6 Å². The van der Waals surface area contributed by atoms with Gasteiger partial charge >= 0.3 is 0 Å². The summed E-state index contributed by atoms with van der Waals surface area (Å²) in [6.07, 6.45) is 1.83. The van der Waals surface area contributed by atoms with Crippen LogP contribution in [0, 0.1) is 6.92 Å². The second-order valence-corrected chi connectivity index (χ2v) is 5.78. The van der Waals surface area contributed by atoms with Crippen molar-refractivity contribution in [1.29, 1.82) is 0 Å². The van der Waals surface area contributed by atoms with E-state index in [1.54, 1.807) is 25.8 Å². The molecule has 0 fully saturated rings. The summed E-state index contributed by atoms with van der Waals surface area (Å²) in [7, 11) is 5.09. The van der Waals surface area contributed by atoms with Gasteiger partial charge in [0, 0.05) is 24.4 Å². The van der Waals surface area contributed by atoms with Crippen LogP contribution in [0.3, 0.4) is 0 Å². The first-order valence-corrected chi connectivity index (χ1v) is 7.32. The van der Waals surface area contributed by atoms with Gasteiger partial charge in [-0.2, -0.15) is 0 Å². The third-order valence-electron chi connectivity index (χ3n) is 3.82. The molecule has 0 N–H and O–H groups in total. The Morgan fingerprint density at radius 3 is 1.95 bits per heavy atom. The molecule has 1 aromatic heterocycles. The first-order valence-electron chi connectivity index (χ1n) is 7.32. The summed E-state index contributed by atoms with van der Waals surface area (Å²) in [5, 5.41) is 0. The smallest absolute Gasteiger partial charge is 0.253 e. The molecule has 0 aliphatic carbocycles. The van der Waals surface area contributed by atoms with Crippen LogP contribution in [0.2, 0.25) is 0 Å². The van der Waals surface area contributed by atoms with Crippen molar-refractivity contribution in [2.75, 3.05) is 14.2 Å². The molecule has 0 saturated heterocycles. The molecule has 2 aromatic rings. The van der Waals surface area contributed by atoms with Gasteiger partial charge in [-0.05, 0) is 42.2 Å². The summed E-state index contributed by atoms with van der Waals surface area (Å²) in [4.78, 5) is 11.9. The molecule has 4 nitrogen and oxygen atoms in total. The van der Waals surface area contributed by atoms with Gasteiger partial charge in [-0.15, -0.1) is 0 Å². The molecule has 0 bridgehead atoms. The molecule has 1 aromatic carbocycles. The molecule has 0 spiro atoms. The van der Waals surface area contributed by atoms with Crippen molar-refractivity contribution >= 4 is 0 Å². The van der Waals surface area contributed by atoms with Crippen molar-refractivity contribution < 1.29 is 9.47 Å². The summed E-state index contributed by atoms with van der Waals surface area (Å²) in [6.45, 7) is 6.04. The number of nitrogens with zero attached hydrogens (tertiary/aromatic N) is 1. The first-order chi connectivity index (χ1) is 10.4. The number of pyridine rings is 1. The fourth-order valence-electron chi connectivity index (χ4n) is 2.71. The fraction of sp³-hybridized carbons (Fsp3) is 0.389. The number of rotatable bonds is 4. The standard InChI is InChI=1S/C18H23NO3/c1-11(2)17-15(21-5)8-13(9-16(17)22-6)14-7-12(3)18(20)19(4)10-14/h7-11H,1-6H3. The third-order valence-corrected chi connectivity index (χ3v) is 3.82. The highest BCUT2D eigenvalue weighted by Crippen LogP contribution is 2.39. The van der Waals surface area contributed by atoms with E-state index in [2.05, 4.69) is 13.8 Å². The van der Waals surface area contributed by atoms with Gasteiger partial charge in [-0.3, -0.25) is 4.79 Å². The quantitative estimate of drug-likeness (QED) is 0.868. The van der Waals surface area contributed by atoms with Crippen LogP contribution < -0.4 is 15.0 Å². The summed E-state index contributed by atoms with van der Waals surface area (Å²) in [5.74, 6) is 1.90. The minimum absolute atomic E-state index is 0.0153. The lowest BCUT2D eigenvalue weighted by atomic mass is 9.96. The lowest BCUT2D eigenvalue weighted by Gasteiger charge is -2.18. The van der Waals surface area contributed by atoms with Gasteiger partial charge in [0.25, 0.3) is 5.56 Å². The largest absolute Gasteiger partial charge is 0.496 e. The Balaban J connectivity index is 2.69. The topological polar surface area (TPSA) is 40.5 Å². The Morgan fingerprint density at radius 2 is 1.55 bits per heavy atom. The van der Waals surface area contributed by atoms with Gasteiger partial charge in [-0.1, -0.05) is 13.8 Å². The first kappa shape index (κ1) is 16.1. The van der Waals surface area contributed by atoms with E-state index in [9.17, 15) is 4.79 Å². The number of aromatic nitrogens is 1. The Bertz CT molecular complexity index is 693. The van der Waals surface area contributed by atoms with Gasteiger partial charge in [0.2, 0.25) is 0 Å². The van der Waals surface area contributed by atoms with Gasteiger partial charge in [0.05, 0.1) is 14.2 Å². The SMILES string of the molecule is COc1cc(-c2cc(C)c(=O)n(C)c2)cc(OC)c1C(C)C. The van der Waals surface area contributed by atoms with Crippen molar-refractivity contribution in [2.24, 2.45) is 7.05 Å². The Hall–Kier alpha value is -2.23. The molecule has 1 heterocycles. The van der Waals surface area contributed by atoms with Crippen LogP contribution in [-0.4, -0.2) is 18.8 Å². The Kier molecular flexibility index (Phi) is 4.59. The molecule has 0 radical (unpaired) electrons. The van der Waals surface area contributed by atoms with Gasteiger partial charge < -0.3 is 14.0 Å². The molecular formula is C18H23NO3. The van der Waals surface area contributed by atoms with Crippen molar-refractivity contribution in [3.63, 3.8) is 0 Å². The highest BCUT2D eigenvalue weighted by atomic mass is 16.5. The second-order valence-electron chi connectivity index (χ2n) is 5.78. The monoisotopic (exact) mass is 301 g/mol. The van der Waals surface area contributed by atoms with Gasteiger partial charge in [0.1, 0.15) is 11.5 Å². The predicted octanol–water partition coefficient (Wildman–Crippen LogP) is 3.50. The van der Waals surface area contributed by atoms with E-state index < -0.39 is 0 Å². The van der Waals surface area contributed by atoms with E-state index in [4.69, 9.17) is 9.47 Å². The molecule has 0 saturated carbocycles. The summed E-state index contributed by atoms with van der Waals surface area (Å²) in [5.41, 5.74) is 3.71. The molecule has 0 aliphatic heterocycles. The van der Waals surface area contributed by atoms with Crippen molar-refractivity contribution in [1.82, 2.24) is 4.57 Å². The highest BCUT2D eigenvalue weighted by molar-refractivity contribution is 5.69. The predicted molar refractivity (Wildman–Crippen MR) is 89.0 cm³/mol. The minimum Gasteiger partial charge on any atom is -0.496 e. The number of ether oxygens (including phenoxy) is 2. The summed E-state index contributed by atoms with van der Waals surface area (Å²) < 4.78 is 12.7. The van der Waals surface area contributed by atoms with Crippen molar-refractivity contribution in [2.45, 2.75) is 26.7 Å². The number of hydrogen-bond acceptors (Lipinski definition) is 3. The molecule has 118 valence electrons. The lowest BCUT2D eigenvalue weighted by molar-refractivity contribution is 0.382. The Labute approximate surface area is 131 Å². The van der Waals surface area contributed by atoms with E-state index in [1.807, 2.05) is 31.3 Å². The zero-order chi connectivity index (χ0) is 16.4. The molecule has 22 heavy (non-hydrogen) atoms. The third kappa shape index (κ3) is 2.86. The average Bonchev–Trinajstić information content (AvgIpc) is 2.50. The van der Waals surface area contributed by atoms with Crippen LogP contribution in [0.1, 0.15) is 30.9 Å². The minimum atomic E-state index is 0.0153. The van der Waals surface area contributed by atoms with E-state index in [-0.39, 0.29) is 5.56 Å². The van der Waals surface area contributed by atoms with Crippen molar-refractivity contribution in [3.05, 3.63) is 45.9 Å². The molecule has 4 heteroatoms. The lowest BCUT2D eigenvalue weighted by Crippen LogP contribution is -2.18. The number of aryl methyl sites for hydroxylation is 2. The molecule has 0 aliphatic rings. The zero-order valence-corrected chi connectivity index (χ0v) is 14.1. The van der Waals surface area contributed by atoms with Crippen LogP contribution in [0.25, 0.3) is 11.1 Å². The normalized spacial score (nSPS) is 10.9. The van der Waals surface area contributed by atoms with Gasteiger partial charge in [0.15, 0.2) is 0 Å². The molecule has 0 unspecified atom stereocenters. The molecule has 0 amide bonds. The number of hydrogen-bond donors (Lipinski definition) is 0. The Morgan fingerprint density at radius 1 is 1.00 bits per heavy atom. The van der Waals surface area contributed by atoms with Crippen LogP contribution in [-0.2, 0) is 7.05 Å². The molecular weight excluding hydrogens is 278 g/mol. The van der Waals surface area contributed by atoms with Gasteiger partial charge in [-0.25, -0.2) is 0 Å². The van der Waals surface area contributed by atoms with E-state index >= 15 is 0 Å². The van der Waals surface area contributed by atoms with E-state index in [0.717, 1.165) is 28.2 Å². The van der Waals surface area contributed by atoms with E-state index in [0.29, 0.717) is 11.5 Å². The number of benzene rings is 1. The summed E-state index contributed by atoms with van der Waals surface area (Å²) >= 11 is 0. The maximum atomic E-state index is 11.9. The maximum Gasteiger partial charge on any atom is 0.253 e. The van der Waals surface area contributed by atoms with Crippen LogP contribution >= 0.6 is 0 Å². The molecule has 0 atom stereocenters. The van der Waals surface area contributed by atoms with Crippen LogP contribution in [0.5, 0.6) is 11.5 Å².